The highest BCUT2D eigenvalue weighted by Crippen LogP contribution is 2.36. The second kappa shape index (κ2) is 4.88. The van der Waals surface area contributed by atoms with Crippen LogP contribution >= 0.6 is 11.6 Å². The number of para-hydroxylation sites is 1. The average molecular weight is 269 g/mol. The summed E-state index contributed by atoms with van der Waals surface area (Å²) in [6, 6.07) is 5.45. The minimum absolute atomic E-state index is 0.0781. The van der Waals surface area contributed by atoms with Crippen LogP contribution < -0.4 is 10.6 Å². The summed E-state index contributed by atoms with van der Waals surface area (Å²) in [4.78, 5) is 13.3. The van der Waals surface area contributed by atoms with Gasteiger partial charge < -0.3 is 15.7 Å². The molecule has 1 unspecified atom stereocenters. The average Bonchev–Trinajstić information content (AvgIpc) is 2.47. The van der Waals surface area contributed by atoms with Crippen molar-refractivity contribution in [1.82, 2.24) is 0 Å². The van der Waals surface area contributed by atoms with Crippen LogP contribution in [0.15, 0.2) is 18.2 Å². The SMILES string of the molecule is CC(=O)N1CCC(O)(CN)Cc2cccc(Cl)c21. The van der Waals surface area contributed by atoms with E-state index >= 15 is 0 Å². The van der Waals surface area contributed by atoms with Gasteiger partial charge in [-0.1, -0.05) is 23.7 Å². The third-order valence-corrected chi connectivity index (χ3v) is 3.73. The van der Waals surface area contributed by atoms with Gasteiger partial charge in [0, 0.05) is 26.4 Å². The second-order valence-electron chi connectivity index (χ2n) is 4.77. The molecule has 0 aromatic heterocycles. The van der Waals surface area contributed by atoms with E-state index in [1.54, 1.807) is 11.0 Å². The van der Waals surface area contributed by atoms with Crippen molar-refractivity contribution in [2.75, 3.05) is 18.0 Å². The molecule has 4 nitrogen and oxygen atoms in total. The number of hydrogen-bond acceptors (Lipinski definition) is 3. The van der Waals surface area contributed by atoms with Crippen molar-refractivity contribution in [3.63, 3.8) is 0 Å². The maximum atomic E-state index is 11.7. The van der Waals surface area contributed by atoms with Crippen molar-refractivity contribution < 1.29 is 9.90 Å². The molecule has 0 saturated carbocycles. The van der Waals surface area contributed by atoms with Gasteiger partial charge in [-0.05, 0) is 18.1 Å². The quantitative estimate of drug-likeness (QED) is 0.808. The molecule has 98 valence electrons. The van der Waals surface area contributed by atoms with Crippen LogP contribution in [-0.2, 0) is 11.2 Å². The highest BCUT2D eigenvalue weighted by molar-refractivity contribution is 6.34. The molecular formula is C13H17ClN2O2. The van der Waals surface area contributed by atoms with Crippen LogP contribution in [0.4, 0.5) is 5.69 Å². The topological polar surface area (TPSA) is 66.6 Å². The maximum Gasteiger partial charge on any atom is 0.223 e. The summed E-state index contributed by atoms with van der Waals surface area (Å²) in [6.07, 6.45) is 0.872. The lowest BCUT2D eigenvalue weighted by Gasteiger charge is -2.24. The van der Waals surface area contributed by atoms with E-state index in [0.717, 1.165) is 5.56 Å². The number of hydrogen-bond donors (Lipinski definition) is 2. The number of benzene rings is 1. The number of anilines is 1. The van der Waals surface area contributed by atoms with E-state index < -0.39 is 5.60 Å². The first-order valence-corrected chi connectivity index (χ1v) is 6.32. The van der Waals surface area contributed by atoms with Crippen LogP contribution in [0.1, 0.15) is 18.9 Å². The minimum Gasteiger partial charge on any atom is -0.388 e. The highest BCUT2D eigenvalue weighted by atomic mass is 35.5. The summed E-state index contributed by atoms with van der Waals surface area (Å²) in [5.74, 6) is -0.0781. The molecule has 0 spiro atoms. The maximum absolute atomic E-state index is 11.7. The van der Waals surface area contributed by atoms with Crippen molar-refractivity contribution in [3.8, 4) is 0 Å². The summed E-state index contributed by atoms with van der Waals surface area (Å²) in [5, 5.41) is 10.9. The number of carbonyl (C=O) groups excluding carboxylic acids is 1. The predicted octanol–water partition coefficient (Wildman–Crippen LogP) is 1.33. The van der Waals surface area contributed by atoms with E-state index in [0.29, 0.717) is 30.1 Å². The summed E-state index contributed by atoms with van der Waals surface area (Å²) < 4.78 is 0. The molecule has 1 heterocycles. The lowest BCUT2D eigenvalue weighted by atomic mass is 9.92. The Morgan fingerprint density at radius 2 is 2.33 bits per heavy atom. The number of carbonyl (C=O) groups is 1. The zero-order chi connectivity index (χ0) is 13.3. The summed E-state index contributed by atoms with van der Waals surface area (Å²) in [7, 11) is 0. The molecule has 0 saturated heterocycles. The van der Waals surface area contributed by atoms with Gasteiger partial charge in [-0.15, -0.1) is 0 Å². The van der Waals surface area contributed by atoms with E-state index in [4.69, 9.17) is 17.3 Å². The molecule has 1 aromatic rings. The fourth-order valence-corrected chi connectivity index (χ4v) is 2.66. The largest absolute Gasteiger partial charge is 0.388 e. The van der Waals surface area contributed by atoms with Gasteiger partial charge in [-0.2, -0.15) is 0 Å². The molecule has 0 radical (unpaired) electrons. The molecule has 3 N–H and O–H groups in total. The smallest absolute Gasteiger partial charge is 0.223 e. The van der Waals surface area contributed by atoms with Crippen LogP contribution in [0.5, 0.6) is 0 Å². The van der Waals surface area contributed by atoms with E-state index in [2.05, 4.69) is 0 Å². The van der Waals surface area contributed by atoms with E-state index in [1.165, 1.54) is 6.92 Å². The van der Waals surface area contributed by atoms with Gasteiger partial charge in [-0.25, -0.2) is 0 Å². The zero-order valence-electron chi connectivity index (χ0n) is 10.3. The minimum atomic E-state index is -0.969. The molecule has 1 atom stereocenters. The zero-order valence-corrected chi connectivity index (χ0v) is 11.1. The summed E-state index contributed by atoms with van der Waals surface area (Å²) >= 11 is 6.18. The Morgan fingerprint density at radius 1 is 1.61 bits per heavy atom. The van der Waals surface area contributed by atoms with Crippen LogP contribution in [-0.4, -0.2) is 29.7 Å². The van der Waals surface area contributed by atoms with Crippen molar-refractivity contribution >= 4 is 23.2 Å². The molecule has 0 fully saturated rings. The third kappa shape index (κ3) is 2.36. The van der Waals surface area contributed by atoms with Crippen molar-refractivity contribution in [1.29, 1.82) is 0 Å². The number of nitrogens with zero attached hydrogens (tertiary/aromatic N) is 1. The number of amides is 1. The standard InChI is InChI=1S/C13H17ClN2O2/c1-9(17)16-6-5-13(18,8-15)7-10-3-2-4-11(14)12(10)16/h2-4,18H,5-8,15H2,1H3. The van der Waals surface area contributed by atoms with Crippen molar-refractivity contribution in [2.24, 2.45) is 5.73 Å². The highest BCUT2D eigenvalue weighted by Gasteiger charge is 2.33. The molecule has 1 amide bonds. The molecule has 0 bridgehead atoms. The van der Waals surface area contributed by atoms with E-state index in [-0.39, 0.29) is 12.5 Å². The first-order valence-electron chi connectivity index (χ1n) is 5.95. The number of nitrogens with two attached hydrogens (primary N) is 1. The van der Waals surface area contributed by atoms with Crippen LogP contribution in [0.3, 0.4) is 0 Å². The Bertz CT molecular complexity index is 478. The second-order valence-corrected chi connectivity index (χ2v) is 5.18. The molecule has 18 heavy (non-hydrogen) atoms. The Balaban J connectivity index is 2.52. The molecular weight excluding hydrogens is 252 g/mol. The molecule has 1 aliphatic rings. The predicted molar refractivity (Wildman–Crippen MR) is 71.8 cm³/mol. The Morgan fingerprint density at radius 3 is 2.94 bits per heavy atom. The Labute approximate surface area is 111 Å². The van der Waals surface area contributed by atoms with Crippen molar-refractivity contribution in [2.45, 2.75) is 25.4 Å². The lowest BCUT2D eigenvalue weighted by molar-refractivity contribution is -0.116. The van der Waals surface area contributed by atoms with Crippen LogP contribution in [0.25, 0.3) is 0 Å². The van der Waals surface area contributed by atoms with Gasteiger partial charge in [0.05, 0.1) is 16.3 Å². The van der Waals surface area contributed by atoms with Gasteiger partial charge in [-0.3, -0.25) is 4.79 Å². The summed E-state index contributed by atoms with van der Waals surface area (Å²) in [5.41, 5.74) is 6.24. The first kappa shape index (κ1) is 13.3. The number of aliphatic hydroxyl groups is 1. The first-order chi connectivity index (χ1) is 8.47. The van der Waals surface area contributed by atoms with E-state index in [9.17, 15) is 9.90 Å². The molecule has 1 aromatic carbocycles. The van der Waals surface area contributed by atoms with Gasteiger partial charge >= 0.3 is 0 Å². The van der Waals surface area contributed by atoms with Gasteiger partial charge in [0.15, 0.2) is 0 Å². The Hall–Kier alpha value is -1.10. The number of halogens is 1. The monoisotopic (exact) mass is 268 g/mol. The molecule has 1 aliphatic heterocycles. The van der Waals surface area contributed by atoms with Crippen LogP contribution in [0, 0.1) is 0 Å². The van der Waals surface area contributed by atoms with Gasteiger partial charge in [0.25, 0.3) is 0 Å². The normalized spacial score (nSPS) is 23.4. The molecule has 2 rings (SSSR count). The fraction of sp³-hybridized carbons (Fsp3) is 0.462. The van der Waals surface area contributed by atoms with Gasteiger partial charge in [0.1, 0.15) is 0 Å². The number of rotatable bonds is 1. The van der Waals surface area contributed by atoms with Crippen molar-refractivity contribution in [3.05, 3.63) is 28.8 Å². The third-order valence-electron chi connectivity index (χ3n) is 3.42. The van der Waals surface area contributed by atoms with Crippen LogP contribution in [0.2, 0.25) is 5.02 Å². The number of fused-ring (bicyclic) bond motifs is 1. The molecule has 0 aliphatic carbocycles. The lowest BCUT2D eigenvalue weighted by Crippen LogP contribution is -2.41. The van der Waals surface area contributed by atoms with E-state index in [1.807, 2.05) is 12.1 Å². The molecule has 5 heteroatoms. The Kier molecular flexibility index (Phi) is 3.61. The van der Waals surface area contributed by atoms with Gasteiger partial charge in [0.2, 0.25) is 5.91 Å². The fourth-order valence-electron chi connectivity index (χ4n) is 2.37. The summed E-state index contributed by atoms with van der Waals surface area (Å²) in [6.45, 7) is 2.10.